The van der Waals surface area contributed by atoms with Crippen LogP contribution in [0.3, 0.4) is 0 Å². The number of rotatable bonds is 5. The molecule has 0 radical (unpaired) electrons. The first-order valence-electron chi connectivity index (χ1n) is 13.2. The molecule has 220 valence electrons. The summed E-state index contributed by atoms with van der Waals surface area (Å²) >= 11 is 6.79. The number of hydrogen-bond acceptors (Lipinski definition) is 6. The lowest BCUT2D eigenvalue weighted by atomic mass is 9.99. The Morgan fingerprint density at radius 1 is 1.27 bits per heavy atom. The zero-order valence-corrected chi connectivity index (χ0v) is 23.4. The second-order valence-electron chi connectivity index (χ2n) is 11.1. The first-order valence-corrected chi connectivity index (χ1v) is 13.6. The van der Waals surface area contributed by atoms with E-state index in [1.807, 2.05) is 13.8 Å². The van der Waals surface area contributed by atoms with Crippen LogP contribution in [0.15, 0.2) is 36.9 Å². The van der Waals surface area contributed by atoms with Crippen LogP contribution in [-0.2, 0) is 4.79 Å². The molecule has 1 aromatic carbocycles. The number of ether oxygens (including phenoxy) is 1. The molecule has 1 unspecified atom stereocenters. The molecule has 1 N–H and O–H groups in total. The Kier molecular flexibility index (Phi) is 7.66. The number of nitrogens with zero attached hydrogens (tertiary/aromatic N) is 4. The highest BCUT2D eigenvalue weighted by Crippen LogP contribution is 2.46. The third kappa shape index (κ3) is 5.59. The van der Waals surface area contributed by atoms with E-state index in [2.05, 4.69) is 11.9 Å². The van der Waals surface area contributed by atoms with E-state index in [4.69, 9.17) is 21.3 Å². The number of hydrogen-bond donors (Lipinski definition) is 1. The van der Waals surface area contributed by atoms with Crippen molar-refractivity contribution in [2.75, 3.05) is 44.2 Å². The van der Waals surface area contributed by atoms with Gasteiger partial charge in [-0.1, -0.05) is 30.3 Å². The molecule has 4 heterocycles. The Morgan fingerprint density at radius 2 is 2.00 bits per heavy atom. The van der Waals surface area contributed by atoms with Gasteiger partial charge in [-0.25, -0.2) is 9.37 Å². The minimum Gasteiger partial charge on any atom is -0.489 e. The molecule has 0 spiro atoms. The highest BCUT2D eigenvalue weighted by atomic mass is 35.5. The molecule has 0 aliphatic carbocycles. The Labute approximate surface area is 239 Å². The lowest BCUT2D eigenvalue weighted by molar-refractivity contribution is -0.128. The van der Waals surface area contributed by atoms with Gasteiger partial charge in [0.05, 0.1) is 18.3 Å². The van der Waals surface area contributed by atoms with Crippen LogP contribution in [0.25, 0.3) is 11.3 Å². The van der Waals surface area contributed by atoms with E-state index in [1.54, 1.807) is 20.8 Å². The number of pyridine rings is 1. The summed E-state index contributed by atoms with van der Waals surface area (Å²) in [6.45, 7) is 6.90. The smallest absolute Gasteiger partial charge is 0.401 e. The van der Waals surface area contributed by atoms with Gasteiger partial charge in [0, 0.05) is 43.3 Å². The van der Waals surface area contributed by atoms with Crippen LogP contribution in [-0.4, -0.2) is 89.7 Å². The van der Waals surface area contributed by atoms with Crippen molar-refractivity contribution in [3.8, 4) is 17.0 Å². The fraction of sp³-hybridized carbons (Fsp3) is 0.464. The van der Waals surface area contributed by atoms with E-state index in [0.29, 0.717) is 6.42 Å². The standard InChI is InChI=1S/C28H30ClF4N5O3/c1-4-20(39)36-9-10-37-17(13-36)14-41-24-21(26(37)40)25(35-23(22(24)29)18-7-5-6-8-19(18)30)38-12-16(11-27(38,2)3)34-15-28(31,32)33/h4-8,16-17,34H,1,9-15H2,2-3H3/t16?,17-/m1/s1. The Bertz CT molecular complexity index is 1390. The topological polar surface area (TPSA) is 78.0 Å². The predicted molar refractivity (Wildman–Crippen MR) is 146 cm³/mol. The van der Waals surface area contributed by atoms with Crippen molar-refractivity contribution in [2.45, 2.75) is 44.1 Å². The predicted octanol–water partition coefficient (Wildman–Crippen LogP) is 4.28. The summed E-state index contributed by atoms with van der Waals surface area (Å²) < 4.78 is 60.1. The number of piperazine rings is 1. The van der Waals surface area contributed by atoms with Gasteiger partial charge in [-0.2, -0.15) is 13.2 Å². The summed E-state index contributed by atoms with van der Waals surface area (Å²) in [5, 5.41) is 2.51. The number of aromatic nitrogens is 1. The van der Waals surface area contributed by atoms with E-state index in [9.17, 15) is 27.2 Å². The van der Waals surface area contributed by atoms with Gasteiger partial charge in [0.15, 0.2) is 5.75 Å². The summed E-state index contributed by atoms with van der Waals surface area (Å²) in [6, 6.07) is 4.85. The van der Waals surface area contributed by atoms with E-state index < -0.39 is 42.1 Å². The third-order valence-electron chi connectivity index (χ3n) is 7.79. The normalized spacial score (nSPS) is 22.1. The number of halogens is 5. The molecule has 1 aromatic heterocycles. The van der Waals surface area contributed by atoms with Gasteiger partial charge in [0.2, 0.25) is 5.91 Å². The van der Waals surface area contributed by atoms with Crippen LogP contribution in [0.5, 0.6) is 5.75 Å². The fourth-order valence-electron chi connectivity index (χ4n) is 5.82. The maximum absolute atomic E-state index is 15.0. The maximum Gasteiger partial charge on any atom is 0.401 e. The first kappa shape index (κ1) is 29.1. The molecular weight excluding hydrogens is 566 g/mol. The van der Waals surface area contributed by atoms with Crippen molar-refractivity contribution in [3.05, 3.63) is 53.3 Å². The van der Waals surface area contributed by atoms with Crippen LogP contribution < -0.4 is 15.0 Å². The summed E-state index contributed by atoms with van der Waals surface area (Å²) in [6.07, 6.45) is -2.85. The number of alkyl halides is 3. The molecule has 41 heavy (non-hydrogen) atoms. The average molecular weight is 596 g/mol. The van der Waals surface area contributed by atoms with Gasteiger partial charge in [0.25, 0.3) is 5.91 Å². The quantitative estimate of drug-likeness (QED) is 0.411. The van der Waals surface area contributed by atoms with Crippen molar-refractivity contribution < 1.29 is 31.9 Å². The van der Waals surface area contributed by atoms with E-state index >= 15 is 0 Å². The molecule has 3 aliphatic heterocycles. The first-order chi connectivity index (χ1) is 19.3. The minimum atomic E-state index is -4.39. The number of anilines is 1. The van der Waals surface area contributed by atoms with Crippen molar-refractivity contribution in [1.82, 2.24) is 20.1 Å². The highest BCUT2D eigenvalue weighted by molar-refractivity contribution is 6.35. The molecule has 13 heteroatoms. The van der Waals surface area contributed by atoms with E-state index in [-0.39, 0.29) is 72.1 Å². The molecular formula is C28H30ClF4N5O3. The van der Waals surface area contributed by atoms with Gasteiger partial charge >= 0.3 is 6.18 Å². The Morgan fingerprint density at radius 3 is 2.68 bits per heavy atom. The SMILES string of the molecule is C=CC(=O)N1CCN2C(=O)c3c(N4CC(NCC(F)(F)F)CC4(C)C)nc(-c4ccccc4F)c(Cl)c3OC[C@H]2C1. The molecule has 2 saturated heterocycles. The second kappa shape index (κ2) is 10.8. The van der Waals surface area contributed by atoms with Gasteiger partial charge in [-0.05, 0) is 38.5 Å². The molecule has 3 aliphatic rings. The van der Waals surface area contributed by atoms with Crippen LogP contribution in [0.4, 0.5) is 23.4 Å². The highest BCUT2D eigenvalue weighted by Gasteiger charge is 2.46. The summed E-state index contributed by atoms with van der Waals surface area (Å²) in [5.41, 5.74) is -0.528. The summed E-state index contributed by atoms with van der Waals surface area (Å²) in [7, 11) is 0. The molecule has 8 nitrogen and oxygen atoms in total. The molecule has 5 rings (SSSR count). The van der Waals surface area contributed by atoms with Gasteiger partial charge in [-0.15, -0.1) is 0 Å². The largest absolute Gasteiger partial charge is 0.489 e. The van der Waals surface area contributed by atoms with Gasteiger partial charge in [0.1, 0.15) is 28.8 Å². The Hall–Kier alpha value is -3.38. The van der Waals surface area contributed by atoms with E-state index in [1.165, 1.54) is 24.3 Å². The van der Waals surface area contributed by atoms with Crippen LogP contribution in [0.2, 0.25) is 5.02 Å². The maximum atomic E-state index is 15.0. The molecule has 0 bridgehead atoms. The minimum absolute atomic E-state index is 0.0126. The van der Waals surface area contributed by atoms with E-state index in [0.717, 1.165) is 0 Å². The number of carbonyl (C=O) groups excluding carboxylic acids is 2. The fourth-order valence-corrected chi connectivity index (χ4v) is 6.11. The molecule has 2 atom stereocenters. The van der Waals surface area contributed by atoms with Crippen LogP contribution in [0, 0.1) is 5.82 Å². The average Bonchev–Trinajstić information content (AvgIpc) is 3.15. The van der Waals surface area contributed by atoms with Gasteiger partial charge < -0.3 is 24.8 Å². The number of fused-ring (bicyclic) bond motifs is 2. The zero-order chi connectivity index (χ0) is 29.7. The molecule has 2 fully saturated rings. The van der Waals surface area contributed by atoms with Gasteiger partial charge in [-0.3, -0.25) is 9.59 Å². The number of carbonyl (C=O) groups is 2. The van der Waals surface area contributed by atoms with Crippen LogP contribution >= 0.6 is 11.6 Å². The zero-order valence-electron chi connectivity index (χ0n) is 22.6. The Balaban J connectivity index is 1.62. The number of nitrogens with one attached hydrogen (secondary N) is 1. The lowest BCUT2D eigenvalue weighted by Crippen LogP contribution is -2.57. The van der Waals surface area contributed by atoms with Crippen molar-refractivity contribution in [2.24, 2.45) is 0 Å². The number of amides is 2. The molecule has 2 amide bonds. The summed E-state index contributed by atoms with van der Waals surface area (Å²) in [4.78, 5) is 36.1. The van der Waals surface area contributed by atoms with Crippen molar-refractivity contribution in [3.63, 3.8) is 0 Å². The third-order valence-corrected chi connectivity index (χ3v) is 8.15. The molecule has 0 saturated carbocycles. The molecule has 2 aromatic rings. The van der Waals surface area contributed by atoms with Crippen molar-refractivity contribution >= 4 is 29.2 Å². The summed E-state index contributed by atoms with van der Waals surface area (Å²) in [5.74, 6) is -1.11. The second-order valence-corrected chi connectivity index (χ2v) is 11.4. The lowest BCUT2D eigenvalue weighted by Gasteiger charge is -2.40. The number of benzene rings is 1. The van der Waals surface area contributed by atoms with Crippen molar-refractivity contribution in [1.29, 1.82) is 0 Å². The van der Waals surface area contributed by atoms with Crippen LogP contribution in [0.1, 0.15) is 30.6 Å². The monoisotopic (exact) mass is 595 g/mol.